The van der Waals surface area contributed by atoms with Crippen molar-refractivity contribution in [1.82, 2.24) is 19.5 Å². The number of Topliss-reactive ketones (excluding diaryl/α,β-unsaturated/α-hetero) is 1. The summed E-state index contributed by atoms with van der Waals surface area (Å²) in [6.45, 7) is 1.88. The summed E-state index contributed by atoms with van der Waals surface area (Å²) >= 11 is 0. The fraction of sp³-hybridized carbons (Fsp3) is 0.130. The average molecular weight is 368 g/mol. The van der Waals surface area contributed by atoms with Gasteiger partial charge in [0.25, 0.3) is 0 Å². The zero-order valence-electron chi connectivity index (χ0n) is 15.8. The van der Waals surface area contributed by atoms with Crippen molar-refractivity contribution >= 4 is 5.78 Å². The number of nitrogens with zero attached hydrogens (tertiary/aromatic N) is 4. The largest absolute Gasteiger partial charge is 0.340 e. The first-order valence-electron chi connectivity index (χ1n) is 9.09. The Bertz CT molecular complexity index is 1130. The lowest BCUT2D eigenvalue weighted by molar-refractivity contribution is 0.0988. The zero-order valence-corrected chi connectivity index (χ0v) is 15.8. The van der Waals surface area contributed by atoms with Gasteiger partial charge in [0, 0.05) is 42.7 Å². The van der Waals surface area contributed by atoms with Gasteiger partial charge in [-0.15, -0.1) is 0 Å². The quantitative estimate of drug-likeness (QED) is 0.493. The van der Waals surface area contributed by atoms with Crippen LogP contribution in [0.1, 0.15) is 21.7 Å². The predicted octanol–water partition coefficient (Wildman–Crippen LogP) is 4.28. The average Bonchev–Trinajstić information content (AvgIpc) is 3.15. The zero-order chi connectivity index (χ0) is 19.5. The topological polar surface area (TPSA) is 60.7 Å². The Labute approximate surface area is 163 Å². The van der Waals surface area contributed by atoms with Crippen molar-refractivity contribution in [3.05, 3.63) is 90.3 Å². The molecule has 0 fully saturated rings. The minimum Gasteiger partial charge on any atom is -0.340 e. The number of ketones is 1. The first-order chi connectivity index (χ1) is 13.6. The smallest absolute Gasteiger partial charge is 0.185 e. The Hall–Kier alpha value is -3.60. The summed E-state index contributed by atoms with van der Waals surface area (Å²) in [7, 11) is 1.95. The van der Waals surface area contributed by atoms with Crippen LogP contribution < -0.4 is 0 Å². The molecule has 0 unspecified atom stereocenters. The van der Waals surface area contributed by atoms with Gasteiger partial charge in [0.1, 0.15) is 5.69 Å². The molecule has 4 aromatic rings. The molecule has 0 atom stereocenters. The molecule has 5 heteroatoms. The molecular formula is C23H20N4O. The fourth-order valence-corrected chi connectivity index (χ4v) is 3.09. The third kappa shape index (κ3) is 3.88. The molecule has 0 saturated heterocycles. The Morgan fingerprint density at radius 1 is 0.964 bits per heavy atom. The molecule has 1 aromatic carbocycles. The molecule has 0 saturated carbocycles. The molecular weight excluding hydrogens is 348 g/mol. The maximum Gasteiger partial charge on any atom is 0.185 e. The van der Waals surface area contributed by atoms with Crippen LogP contribution in [0.2, 0.25) is 0 Å². The summed E-state index contributed by atoms with van der Waals surface area (Å²) in [6.07, 6.45) is 5.82. The monoisotopic (exact) mass is 368 g/mol. The van der Waals surface area contributed by atoms with Crippen molar-refractivity contribution in [2.24, 2.45) is 7.05 Å². The SMILES string of the molecule is Cc1cccc(C(=O)Cc2ccnc(-c3ccc(-c4cn(C)cn4)cc3)c2)n1. The number of aromatic nitrogens is 4. The number of carbonyl (C=O) groups excluding carboxylic acids is 1. The van der Waals surface area contributed by atoms with Crippen LogP contribution >= 0.6 is 0 Å². The minimum absolute atomic E-state index is 0.00588. The molecule has 0 radical (unpaired) electrons. The van der Waals surface area contributed by atoms with Crippen LogP contribution in [0.5, 0.6) is 0 Å². The van der Waals surface area contributed by atoms with E-state index in [1.54, 1.807) is 18.6 Å². The predicted molar refractivity (Wildman–Crippen MR) is 109 cm³/mol. The molecule has 0 amide bonds. The van der Waals surface area contributed by atoms with Crippen molar-refractivity contribution in [3.63, 3.8) is 0 Å². The second-order valence-electron chi connectivity index (χ2n) is 6.82. The van der Waals surface area contributed by atoms with Gasteiger partial charge in [0.15, 0.2) is 5.78 Å². The highest BCUT2D eigenvalue weighted by molar-refractivity contribution is 5.95. The highest BCUT2D eigenvalue weighted by atomic mass is 16.1. The van der Waals surface area contributed by atoms with Gasteiger partial charge in [-0.1, -0.05) is 30.3 Å². The highest BCUT2D eigenvalue weighted by Crippen LogP contribution is 2.23. The van der Waals surface area contributed by atoms with Gasteiger partial charge in [0.2, 0.25) is 0 Å². The number of hydrogen-bond donors (Lipinski definition) is 0. The summed E-state index contributed by atoms with van der Waals surface area (Å²) < 4.78 is 1.92. The Balaban J connectivity index is 1.54. The standard InChI is InChI=1S/C23H20N4O/c1-16-4-3-5-20(26-16)23(28)13-17-10-11-24-21(12-17)18-6-8-19(9-7-18)22-14-27(2)15-25-22/h3-12,14-15H,13H2,1-2H3. The van der Waals surface area contributed by atoms with Crippen molar-refractivity contribution in [3.8, 4) is 22.5 Å². The van der Waals surface area contributed by atoms with Crippen LogP contribution in [0.15, 0.2) is 73.3 Å². The lowest BCUT2D eigenvalue weighted by Crippen LogP contribution is -2.06. The summed E-state index contributed by atoms with van der Waals surface area (Å²) in [5, 5.41) is 0. The second kappa shape index (κ2) is 7.56. The molecule has 4 rings (SSSR count). The van der Waals surface area contributed by atoms with Gasteiger partial charge in [-0.2, -0.15) is 0 Å². The van der Waals surface area contributed by atoms with Gasteiger partial charge in [-0.05, 0) is 36.8 Å². The third-order valence-corrected chi connectivity index (χ3v) is 4.54. The van der Waals surface area contributed by atoms with Crippen LogP contribution in [0.4, 0.5) is 0 Å². The Morgan fingerprint density at radius 2 is 1.71 bits per heavy atom. The van der Waals surface area contributed by atoms with E-state index in [-0.39, 0.29) is 5.78 Å². The highest BCUT2D eigenvalue weighted by Gasteiger charge is 2.10. The molecule has 0 aliphatic heterocycles. The maximum atomic E-state index is 12.5. The number of carbonyl (C=O) groups is 1. The number of aryl methyl sites for hydroxylation is 2. The van der Waals surface area contributed by atoms with Gasteiger partial charge >= 0.3 is 0 Å². The van der Waals surface area contributed by atoms with E-state index in [2.05, 4.69) is 15.0 Å². The first-order valence-corrected chi connectivity index (χ1v) is 9.09. The van der Waals surface area contributed by atoms with Crippen LogP contribution in [0, 0.1) is 6.92 Å². The van der Waals surface area contributed by atoms with E-state index in [1.807, 2.05) is 73.3 Å². The lowest BCUT2D eigenvalue weighted by atomic mass is 10.0. The molecule has 0 aliphatic rings. The molecule has 0 aliphatic carbocycles. The normalized spacial score (nSPS) is 10.8. The van der Waals surface area contributed by atoms with Crippen molar-refractivity contribution < 1.29 is 4.79 Å². The van der Waals surface area contributed by atoms with Gasteiger partial charge in [-0.3, -0.25) is 14.8 Å². The summed E-state index contributed by atoms with van der Waals surface area (Å²) in [5.74, 6) is 0.00588. The molecule has 3 heterocycles. The van der Waals surface area contributed by atoms with E-state index in [0.29, 0.717) is 12.1 Å². The molecule has 28 heavy (non-hydrogen) atoms. The van der Waals surface area contributed by atoms with E-state index in [1.165, 1.54) is 0 Å². The first kappa shape index (κ1) is 17.8. The summed E-state index contributed by atoms with van der Waals surface area (Å²) in [4.78, 5) is 25.7. The number of imidazole rings is 1. The molecule has 3 aromatic heterocycles. The number of pyridine rings is 2. The van der Waals surface area contributed by atoms with E-state index < -0.39 is 0 Å². The molecule has 0 spiro atoms. The van der Waals surface area contributed by atoms with Crippen molar-refractivity contribution in [1.29, 1.82) is 0 Å². The number of hydrogen-bond acceptors (Lipinski definition) is 4. The maximum absolute atomic E-state index is 12.5. The fourth-order valence-electron chi connectivity index (χ4n) is 3.09. The number of rotatable bonds is 5. The van der Waals surface area contributed by atoms with Crippen LogP contribution in [0.3, 0.4) is 0 Å². The van der Waals surface area contributed by atoms with E-state index in [0.717, 1.165) is 33.8 Å². The van der Waals surface area contributed by atoms with Crippen LogP contribution in [0.25, 0.3) is 22.5 Å². The van der Waals surface area contributed by atoms with Crippen LogP contribution in [-0.2, 0) is 13.5 Å². The van der Waals surface area contributed by atoms with Crippen molar-refractivity contribution in [2.75, 3.05) is 0 Å². The molecule has 138 valence electrons. The summed E-state index contributed by atoms with van der Waals surface area (Å²) in [5.41, 5.74) is 6.10. The Morgan fingerprint density at radius 3 is 2.39 bits per heavy atom. The van der Waals surface area contributed by atoms with Gasteiger partial charge < -0.3 is 4.57 Å². The van der Waals surface area contributed by atoms with E-state index >= 15 is 0 Å². The van der Waals surface area contributed by atoms with Gasteiger partial charge in [-0.25, -0.2) is 4.98 Å². The van der Waals surface area contributed by atoms with E-state index in [4.69, 9.17) is 0 Å². The molecule has 0 bridgehead atoms. The lowest BCUT2D eigenvalue weighted by Gasteiger charge is -2.06. The van der Waals surface area contributed by atoms with Gasteiger partial charge in [0.05, 0.1) is 17.7 Å². The number of benzene rings is 1. The van der Waals surface area contributed by atoms with Crippen LogP contribution in [-0.4, -0.2) is 25.3 Å². The second-order valence-corrected chi connectivity index (χ2v) is 6.82. The molecule has 5 nitrogen and oxygen atoms in total. The molecule has 0 N–H and O–H groups in total. The van der Waals surface area contributed by atoms with E-state index in [9.17, 15) is 4.79 Å². The third-order valence-electron chi connectivity index (χ3n) is 4.54. The van der Waals surface area contributed by atoms with Crippen molar-refractivity contribution in [2.45, 2.75) is 13.3 Å². The minimum atomic E-state index is 0.00588. The Kier molecular flexibility index (Phi) is 4.81. The summed E-state index contributed by atoms with van der Waals surface area (Å²) in [6, 6.07) is 17.5.